The summed E-state index contributed by atoms with van der Waals surface area (Å²) in [4.78, 5) is 23.3. The van der Waals surface area contributed by atoms with Gasteiger partial charge in [-0.15, -0.1) is 0 Å². The minimum absolute atomic E-state index is 0.0406. The highest BCUT2D eigenvalue weighted by Crippen LogP contribution is 2.18. The Bertz CT molecular complexity index is 574. The third-order valence-electron chi connectivity index (χ3n) is 3.26. The lowest BCUT2D eigenvalue weighted by Gasteiger charge is -2.15. The molecule has 0 saturated carbocycles. The number of hydrogen-bond acceptors (Lipinski definition) is 4. The zero-order chi connectivity index (χ0) is 19.0. The fraction of sp³-hybridized carbons (Fsp3) is 0.500. The molecule has 6 nitrogen and oxygen atoms in total. The van der Waals surface area contributed by atoms with Crippen LogP contribution in [0.5, 0.6) is 5.75 Å². The summed E-state index contributed by atoms with van der Waals surface area (Å²) in [6, 6.07) is 5.17. The first-order valence-electron chi connectivity index (χ1n) is 7.67. The standard InChI is InChI=1S/C16H22F3N3O3/c1-10(2)14(20)15(24)22-8-13(23)21-7-11-3-5-12(6-4-11)25-9-16(17,18)19/h3-6,10,14H,7-9,20H2,1-2H3,(H,21,23)(H,22,24)/t14-/m0/s1. The van der Waals surface area contributed by atoms with Crippen molar-refractivity contribution in [3.8, 4) is 5.75 Å². The molecule has 1 aromatic rings. The molecule has 0 spiro atoms. The van der Waals surface area contributed by atoms with Crippen LogP contribution in [0.1, 0.15) is 19.4 Å². The quantitative estimate of drug-likeness (QED) is 0.651. The molecule has 25 heavy (non-hydrogen) atoms. The maximum absolute atomic E-state index is 12.0. The van der Waals surface area contributed by atoms with Crippen molar-refractivity contribution in [3.63, 3.8) is 0 Å². The Hall–Kier alpha value is -2.29. The lowest BCUT2D eigenvalue weighted by molar-refractivity contribution is -0.153. The normalized spacial score (nSPS) is 12.6. The van der Waals surface area contributed by atoms with Gasteiger partial charge in [0.15, 0.2) is 6.61 Å². The van der Waals surface area contributed by atoms with Crippen LogP contribution in [0.25, 0.3) is 0 Å². The minimum Gasteiger partial charge on any atom is -0.484 e. The number of rotatable bonds is 8. The van der Waals surface area contributed by atoms with E-state index in [1.54, 1.807) is 26.0 Å². The van der Waals surface area contributed by atoms with E-state index in [1.807, 2.05) is 0 Å². The summed E-state index contributed by atoms with van der Waals surface area (Å²) < 4.78 is 40.7. The highest BCUT2D eigenvalue weighted by Gasteiger charge is 2.28. The SMILES string of the molecule is CC(C)[C@H](N)C(=O)NCC(=O)NCc1ccc(OCC(F)(F)F)cc1. The number of halogens is 3. The predicted octanol–water partition coefficient (Wildman–Crippen LogP) is 1.34. The second-order valence-corrected chi connectivity index (χ2v) is 5.81. The average Bonchev–Trinajstić information content (AvgIpc) is 2.55. The van der Waals surface area contributed by atoms with Crippen molar-refractivity contribution in [3.05, 3.63) is 29.8 Å². The number of nitrogens with two attached hydrogens (primary N) is 1. The third kappa shape index (κ3) is 8.39. The van der Waals surface area contributed by atoms with Crippen molar-refractivity contribution in [2.75, 3.05) is 13.2 Å². The van der Waals surface area contributed by atoms with Crippen LogP contribution >= 0.6 is 0 Å². The van der Waals surface area contributed by atoms with Crippen LogP contribution in [-0.2, 0) is 16.1 Å². The van der Waals surface area contributed by atoms with Crippen molar-refractivity contribution in [2.45, 2.75) is 32.6 Å². The molecule has 0 aliphatic heterocycles. The van der Waals surface area contributed by atoms with Gasteiger partial charge in [-0.05, 0) is 23.6 Å². The Morgan fingerprint density at radius 2 is 1.76 bits per heavy atom. The van der Waals surface area contributed by atoms with Gasteiger partial charge in [0.25, 0.3) is 0 Å². The lowest BCUT2D eigenvalue weighted by Crippen LogP contribution is -2.47. The molecule has 1 aromatic carbocycles. The van der Waals surface area contributed by atoms with Gasteiger partial charge in [0.2, 0.25) is 11.8 Å². The fourth-order valence-corrected chi connectivity index (χ4v) is 1.72. The predicted molar refractivity (Wildman–Crippen MR) is 85.7 cm³/mol. The number of nitrogens with one attached hydrogen (secondary N) is 2. The molecular formula is C16H22F3N3O3. The Kier molecular flexibility index (Phi) is 7.69. The van der Waals surface area contributed by atoms with Crippen LogP contribution in [0.3, 0.4) is 0 Å². The van der Waals surface area contributed by atoms with Gasteiger partial charge < -0.3 is 21.1 Å². The average molecular weight is 361 g/mol. The van der Waals surface area contributed by atoms with E-state index in [0.717, 1.165) is 0 Å². The summed E-state index contributed by atoms with van der Waals surface area (Å²) in [6.45, 7) is 2.20. The van der Waals surface area contributed by atoms with Crippen molar-refractivity contribution in [1.29, 1.82) is 0 Å². The van der Waals surface area contributed by atoms with Gasteiger partial charge in [-0.25, -0.2) is 0 Å². The van der Waals surface area contributed by atoms with Gasteiger partial charge in [0.05, 0.1) is 12.6 Å². The molecule has 0 aromatic heterocycles. The summed E-state index contributed by atoms with van der Waals surface area (Å²) in [6.07, 6.45) is -4.39. The number of ether oxygens (including phenoxy) is 1. The van der Waals surface area contributed by atoms with Gasteiger partial charge in [0, 0.05) is 6.54 Å². The van der Waals surface area contributed by atoms with E-state index in [9.17, 15) is 22.8 Å². The summed E-state index contributed by atoms with van der Waals surface area (Å²) in [5.41, 5.74) is 6.33. The first-order chi connectivity index (χ1) is 11.6. The molecule has 0 aliphatic rings. The zero-order valence-corrected chi connectivity index (χ0v) is 14.0. The minimum atomic E-state index is -4.39. The molecule has 1 atom stereocenters. The van der Waals surface area contributed by atoms with Crippen LogP contribution < -0.4 is 21.1 Å². The molecule has 0 bridgehead atoms. The molecule has 1 rings (SSSR count). The molecule has 0 fully saturated rings. The monoisotopic (exact) mass is 361 g/mol. The number of hydrogen-bond donors (Lipinski definition) is 3. The third-order valence-corrected chi connectivity index (χ3v) is 3.26. The molecule has 0 radical (unpaired) electrons. The van der Waals surface area contributed by atoms with Gasteiger partial charge in [-0.2, -0.15) is 13.2 Å². The zero-order valence-electron chi connectivity index (χ0n) is 14.0. The van der Waals surface area contributed by atoms with E-state index in [1.165, 1.54) is 12.1 Å². The van der Waals surface area contributed by atoms with Gasteiger partial charge >= 0.3 is 6.18 Å². The van der Waals surface area contributed by atoms with E-state index in [0.29, 0.717) is 5.56 Å². The number of alkyl halides is 3. The number of carbonyl (C=O) groups excluding carboxylic acids is 2. The van der Waals surface area contributed by atoms with E-state index in [4.69, 9.17) is 5.73 Å². The molecule has 9 heteroatoms. The van der Waals surface area contributed by atoms with E-state index >= 15 is 0 Å². The Labute approximate surface area is 143 Å². The summed E-state index contributed by atoms with van der Waals surface area (Å²) in [5.74, 6) is -0.763. The molecule has 0 unspecified atom stereocenters. The lowest BCUT2D eigenvalue weighted by atomic mass is 10.1. The largest absolute Gasteiger partial charge is 0.484 e. The molecule has 140 valence electrons. The topological polar surface area (TPSA) is 93.5 Å². The van der Waals surface area contributed by atoms with Crippen molar-refractivity contribution in [1.82, 2.24) is 10.6 Å². The van der Waals surface area contributed by atoms with Crippen LogP contribution in [0.4, 0.5) is 13.2 Å². The van der Waals surface area contributed by atoms with Gasteiger partial charge in [-0.3, -0.25) is 9.59 Å². The second-order valence-electron chi connectivity index (χ2n) is 5.81. The molecule has 0 heterocycles. The smallest absolute Gasteiger partial charge is 0.422 e. The Balaban J connectivity index is 2.35. The Morgan fingerprint density at radius 3 is 2.28 bits per heavy atom. The van der Waals surface area contributed by atoms with Crippen LogP contribution in [0.15, 0.2) is 24.3 Å². The summed E-state index contributed by atoms with van der Waals surface area (Å²) in [5, 5.41) is 5.02. The fourth-order valence-electron chi connectivity index (χ4n) is 1.72. The molecule has 0 saturated heterocycles. The van der Waals surface area contributed by atoms with Gasteiger partial charge in [0.1, 0.15) is 5.75 Å². The highest BCUT2D eigenvalue weighted by molar-refractivity contribution is 5.87. The molecule has 0 aliphatic carbocycles. The molecular weight excluding hydrogens is 339 g/mol. The van der Waals surface area contributed by atoms with Crippen LogP contribution in [0.2, 0.25) is 0 Å². The Morgan fingerprint density at radius 1 is 1.16 bits per heavy atom. The van der Waals surface area contributed by atoms with E-state index in [2.05, 4.69) is 15.4 Å². The highest BCUT2D eigenvalue weighted by atomic mass is 19.4. The number of carbonyl (C=O) groups is 2. The molecule has 4 N–H and O–H groups in total. The van der Waals surface area contributed by atoms with Crippen molar-refractivity contribution >= 4 is 11.8 Å². The summed E-state index contributed by atoms with van der Waals surface area (Å²) in [7, 11) is 0. The first kappa shape index (κ1) is 20.8. The second kappa shape index (κ2) is 9.26. The van der Waals surface area contributed by atoms with Crippen LogP contribution in [0, 0.1) is 5.92 Å². The van der Waals surface area contributed by atoms with Crippen LogP contribution in [-0.4, -0.2) is 37.2 Å². The maximum atomic E-state index is 12.0. The van der Waals surface area contributed by atoms with E-state index in [-0.39, 0.29) is 24.8 Å². The summed E-state index contributed by atoms with van der Waals surface area (Å²) >= 11 is 0. The van der Waals surface area contributed by atoms with Crippen molar-refractivity contribution in [2.24, 2.45) is 11.7 Å². The van der Waals surface area contributed by atoms with E-state index < -0.39 is 30.6 Å². The first-order valence-corrected chi connectivity index (χ1v) is 7.67. The van der Waals surface area contributed by atoms with Crippen molar-refractivity contribution < 1.29 is 27.5 Å². The number of benzene rings is 1. The maximum Gasteiger partial charge on any atom is 0.422 e. The molecule has 2 amide bonds. The number of amides is 2. The van der Waals surface area contributed by atoms with Gasteiger partial charge in [-0.1, -0.05) is 26.0 Å².